The Morgan fingerprint density at radius 1 is 1.00 bits per heavy atom. The lowest BCUT2D eigenvalue weighted by molar-refractivity contribution is -0.0601. The summed E-state index contributed by atoms with van der Waals surface area (Å²) >= 11 is 0. The first-order valence-corrected chi connectivity index (χ1v) is 13.0. The molecule has 3 fully saturated rings. The summed E-state index contributed by atoms with van der Waals surface area (Å²) in [4.78, 5) is 0. The molecule has 0 aromatic carbocycles. The highest BCUT2D eigenvalue weighted by atomic mass is 16.5. The second-order valence-corrected chi connectivity index (χ2v) is 12.4. The first kappa shape index (κ1) is 21.9. The lowest BCUT2D eigenvalue weighted by atomic mass is 9.47. The van der Waals surface area contributed by atoms with Gasteiger partial charge < -0.3 is 4.74 Å². The van der Waals surface area contributed by atoms with Gasteiger partial charge in [0, 0.05) is 7.11 Å². The average molecular weight is 401 g/mol. The van der Waals surface area contributed by atoms with Crippen LogP contribution in [0, 0.1) is 46.3 Å². The number of allylic oxidation sites excluding steroid dienone is 1. The zero-order valence-electron chi connectivity index (χ0n) is 20.3. The second kappa shape index (κ2) is 8.33. The predicted molar refractivity (Wildman–Crippen MR) is 124 cm³/mol. The minimum atomic E-state index is 0.472. The van der Waals surface area contributed by atoms with Crippen LogP contribution in [0.3, 0.4) is 0 Å². The summed E-state index contributed by atoms with van der Waals surface area (Å²) in [6.45, 7) is 12.7. The molecule has 8 atom stereocenters. The lowest BCUT2D eigenvalue weighted by Crippen LogP contribution is -2.50. The highest BCUT2D eigenvalue weighted by molar-refractivity contribution is 5.25. The van der Waals surface area contributed by atoms with Crippen molar-refractivity contribution in [2.24, 2.45) is 46.3 Å². The molecule has 0 aromatic rings. The molecule has 0 aromatic heterocycles. The van der Waals surface area contributed by atoms with Gasteiger partial charge in [0.25, 0.3) is 0 Å². The van der Waals surface area contributed by atoms with Crippen molar-refractivity contribution in [3.05, 3.63) is 11.6 Å². The minimum Gasteiger partial charge on any atom is -0.381 e. The average Bonchev–Trinajstić information content (AvgIpc) is 3.04. The van der Waals surface area contributed by atoms with Crippen LogP contribution in [0.4, 0.5) is 0 Å². The number of hydrogen-bond donors (Lipinski definition) is 0. The van der Waals surface area contributed by atoms with Crippen LogP contribution in [0.25, 0.3) is 0 Å². The fraction of sp³-hybridized carbons (Fsp3) is 0.929. The Balaban J connectivity index is 1.48. The molecule has 4 rings (SSSR count). The molecule has 29 heavy (non-hydrogen) atoms. The van der Waals surface area contributed by atoms with E-state index in [9.17, 15) is 0 Å². The molecule has 0 amide bonds. The third kappa shape index (κ3) is 3.77. The Labute approximate surface area is 181 Å². The smallest absolute Gasteiger partial charge is 0.0608 e. The topological polar surface area (TPSA) is 9.23 Å². The van der Waals surface area contributed by atoms with Crippen LogP contribution in [-0.4, -0.2) is 13.2 Å². The van der Waals surface area contributed by atoms with Crippen molar-refractivity contribution < 1.29 is 4.74 Å². The maximum Gasteiger partial charge on any atom is 0.0608 e. The van der Waals surface area contributed by atoms with Gasteiger partial charge in [-0.2, -0.15) is 0 Å². The summed E-state index contributed by atoms with van der Waals surface area (Å²) < 4.78 is 5.75. The summed E-state index contributed by atoms with van der Waals surface area (Å²) in [5, 5.41) is 0. The maximum absolute atomic E-state index is 5.75. The Bertz CT molecular complexity index is 605. The highest BCUT2D eigenvalue weighted by Crippen LogP contribution is 2.67. The Morgan fingerprint density at radius 2 is 1.79 bits per heavy atom. The molecule has 0 N–H and O–H groups in total. The Morgan fingerprint density at radius 3 is 2.52 bits per heavy atom. The van der Waals surface area contributed by atoms with Gasteiger partial charge in [-0.3, -0.25) is 0 Å². The Kier molecular flexibility index (Phi) is 6.29. The molecule has 0 aliphatic heterocycles. The maximum atomic E-state index is 5.75. The number of fused-ring (bicyclic) bond motifs is 5. The number of methoxy groups -OCH3 is 1. The third-order valence-corrected chi connectivity index (χ3v) is 10.6. The molecule has 0 bridgehead atoms. The van der Waals surface area contributed by atoms with Gasteiger partial charge in [0.1, 0.15) is 0 Å². The van der Waals surface area contributed by atoms with E-state index in [4.69, 9.17) is 4.74 Å². The fourth-order valence-electron chi connectivity index (χ4n) is 8.85. The normalized spacial score (nSPS) is 45.3. The zero-order chi connectivity index (χ0) is 20.8. The summed E-state index contributed by atoms with van der Waals surface area (Å²) in [7, 11) is 1.91. The van der Waals surface area contributed by atoms with Gasteiger partial charge in [0.15, 0.2) is 0 Å². The lowest BCUT2D eigenvalue weighted by Gasteiger charge is -2.58. The van der Waals surface area contributed by atoms with Crippen molar-refractivity contribution in [2.75, 3.05) is 7.11 Å². The molecule has 1 nitrogen and oxygen atoms in total. The molecule has 1 heteroatoms. The van der Waals surface area contributed by atoms with E-state index in [-0.39, 0.29) is 0 Å². The predicted octanol–water partition coefficient (Wildman–Crippen LogP) is 8.04. The number of ether oxygens (including phenoxy) is 1. The van der Waals surface area contributed by atoms with Gasteiger partial charge in [-0.05, 0) is 97.7 Å². The van der Waals surface area contributed by atoms with E-state index in [1.807, 2.05) is 7.11 Å². The van der Waals surface area contributed by atoms with Crippen molar-refractivity contribution in [1.82, 2.24) is 0 Å². The van der Waals surface area contributed by atoms with E-state index in [1.54, 1.807) is 5.57 Å². The van der Waals surface area contributed by atoms with Gasteiger partial charge in [0.2, 0.25) is 0 Å². The molecule has 166 valence electrons. The monoisotopic (exact) mass is 400 g/mol. The van der Waals surface area contributed by atoms with Crippen LogP contribution < -0.4 is 0 Å². The van der Waals surface area contributed by atoms with Crippen LogP contribution in [0.5, 0.6) is 0 Å². The summed E-state index contributed by atoms with van der Waals surface area (Å²) in [6, 6.07) is 0. The van der Waals surface area contributed by atoms with Crippen molar-refractivity contribution in [3.63, 3.8) is 0 Å². The van der Waals surface area contributed by atoms with Crippen molar-refractivity contribution >= 4 is 0 Å². The summed E-state index contributed by atoms with van der Waals surface area (Å²) in [5.74, 6) is 5.63. The second-order valence-electron chi connectivity index (χ2n) is 12.4. The molecule has 0 saturated heterocycles. The Hall–Kier alpha value is -0.300. The first-order valence-electron chi connectivity index (χ1n) is 13.0. The minimum absolute atomic E-state index is 0.472. The van der Waals surface area contributed by atoms with Crippen molar-refractivity contribution in [1.29, 1.82) is 0 Å². The zero-order valence-corrected chi connectivity index (χ0v) is 20.3. The SMILES string of the molecule is CO[C@H]1CC[C@@]2(C)C(=CC[C@@H]3[C@@H]2CC[C@]2(C)C(C(C)CCCC(C)C)CC[C@@H]32)C1. The van der Waals surface area contributed by atoms with E-state index >= 15 is 0 Å². The number of hydrogen-bond acceptors (Lipinski definition) is 1. The highest BCUT2D eigenvalue weighted by Gasteiger charge is 2.59. The summed E-state index contributed by atoms with van der Waals surface area (Å²) in [5.41, 5.74) is 2.85. The molecule has 4 aliphatic carbocycles. The fourth-order valence-corrected chi connectivity index (χ4v) is 8.85. The molecule has 3 saturated carbocycles. The van der Waals surface area contributed by atoms with Gasteiger partial charge >= 0.3 is 0 Å². The van der Waals surface area contributed by atoms with E-state index in [2.05, 4.69) is 40.7 Å². The molecule has 4 aliphatic rings. The van der Waals surface area contributed by atoms with E-state index < -0.39 is 0 Å². The molecular weight excluding hydrogens is 352 g/mol. The van der Waals surface area contributed by atoms with E-state index in [1.165, 1.54) is 70.6 Å². The molecular formula is C28H48O. The van der Waals surface area contributed by atoms with Gasteiger partial charge in [-0.15, -0.1) is 0 Å². The van der Waals surface area contributed by atoms with Crippen LogP contribution in [0.2, 0.25) is 0 Å². The van der Waals surface area contributed by atoms with Gasteiger partial charge in [-0.1, -0.05) is 65.5 Å². The van der Waals surface area contributed by atoms with Crippen LogP contribution in [0.15, 0.2) is 11.6 Å². The van der Waals surface area contributed by atoms with Gasteiger partial charge in [0.05, 0.1) is 6.10 Å². The molecule has 0 heterocycles. The standard InChI is InChI=1S/C28H48O/c1-19(2)8-7-9-20(3)24-12-13-25-23-11-10-21-18-22(29-6)14-16-27(21,4)26(23)15-17-28(24,25)5/h10,19-20,22-26H,7-9,11-18H2,1-6H3/t20?,22-,23-,24?,25-,26-,27-,28+/m0/s1. The molecule has 2 unspecified atom stereocenters. The number of rotatable bonds is 6. The van der Waals surface area contributed by atoms with E-state index in [0.717, 1.165) is 35.5 Å². The van der Waals surface area contributed by atoms with Crippen LogP contribution >= 0.6 is 0 Å². The van der Waals surface area contributed by atoms with Crippen molar-refractivity contribution in [3.8, 4) is 0 Å². The van der Waals surface area contributed by atoms with Gasteiger partial charge in [-0.25, -0.2) is 0 Å². The molecule has 0 radical (unpaired) electrons. The largest absolute Gasteiger partial charge is 0.381 e. The van der Waals surface area contributed by atoms with Crippen molar-refractivity contribution in [2.45, 2.75) is 111 Å². The van der Waals surface area contributed by atoms with Crippen LogP contribution in [0.1, 0.15) is 105 Å². The quantitative estimate of drug-likeness (QED) is 0.410. The molecule has 0 spiro atoms. The van der Waals surface area contributed by atoms with Crippen LogP contribution in [-0.2, 0) is 4.74 Å². The first-order chi connectivity index (χ1) is 13.8. The third-order valence-electron chi connectivity index (χ3n) is 10.6. The van der Waals surface area contributed by atoms with E-state index in [0.29, 0.717) is 16.9 Å². The summed E-state index contributed by atoms with van der Waals surface area (Å²) in [6.07, 6.45) is 18.7.